The molecule has 0 aliphatic carbocycles. The number of aromatic nitrogens is 1. The average Bonchev–Trinajstić information content (AvgIpc) is 2.62. The molecular formula is C21H24NO3P. The minimum absolute atomic E-state index is 0.155. The molecule has 0 saturated carbocycles. The van der Waals surface area contributed by atoms with Crippen LogP contribution in [0.25, 0.3) is 22.0 Å². The Bertz CT molecular complexity index is 931. The third kappa shape index (κ3) is 4.21. The van der Waals surface area contributed by atoms with Gasteiger partial charge in [-0.2, -0.15) is 0 Å². The minimum Gasteiger partial charge on any atom is -0.309 e. The van der Waals surface area contributed by atoms with Gasteiger partial charge in [-0.3, -0.25) is 9.55 Å². The zero-order valence-corrected chi connectivity index (χ0v) is 16.3. The number of hydrogen-bond acceptors (Lipinski definition) is 4. The summed E-state index contributed by atoms with van der Waals surface area (Å²) in [6, 6.07) is 18.3. The first-order valence-corrected chi connectivity index (χ1v) is 10.6. The molecule has 1 heterocycles. The second-order valence-electron chi connectivity index (χ2n) is 6.15. The van der Waals surface area contributed by atoms with Crippen LogP contribution in [0, 0.1) is 6.92 Å². The van der Waals surface area contributed by atoms with Gasteiger partial charge in [0.1, 0.15) is 0 Å². The summed E-state index contributed by atoms with van der Waals surface area (Å²) in [7, 11) is -3.24. The van der Waals surface area contributed by atoms with Crippen LogP contribution in [0.2, 0.25) is 0 Å². The van der Waals surface area contributed by atoms with Crippen LogP contribution in [0.3, 0.4) is 0 Å². The molecule has 0 radical (unpaired) electrons. The number of benzene rings is 2. The molecule has 3 rings (SSSR count). The lowest BCUT2D eigenvalue weighted by Gasteiger charge is -2.19. The molecule has 0 spiro atoms. The second kappa shape index (κ2) is 8.13. The van der Waals surface area contributed by atoms with Crippen molar-refractivity contribution in [2.45, 2.75) is 26.9 Å². The van der Waals surface area contributed by atoms with Crippen molar-refractivity contribution in [1.29, 1.82) is 0 Å². The van der Waals surface area contributed by atoms with Gasteiger partial charge >= 0.3 is 7.60 Å². The highest BCUT2D eigenvalue weighted by atomic mass is 31.2. The summed E-state index contributed by atoms with van der Waals surface area (Å²) >= 11 is 0. The van der Waals surface area contributed by atoms with Crippen LogP contribution >= 0.6 is 7.60 Å². The van der Waals surface area contributed by atoms with Gasteiger partial charge in [0.25, 0.3) is 0 Å². The molecule has 26 heavy (non-hydrogen) atoms. The Morgan fingerprint density at radius 2 is 1.65 bits per heavy atom. The summed E-state index contributed by atoms with van der Waals surface area (Å²) in [6.45, 7) is 6.38. The molecule has 0 atom stereocenters. The maximum Gasteiger partial charge on any atom is 0.336 e. The third-order valence-corrected chi connectivity index (χ3v) is 6.12. The standard InChI is InChI=1S/C21H24NO3P/c1-4-24-26(23,25-5-2)15-21-19(17-9-7-6-8-10-17)14-18-13-16(3)11-12-20(18)22-21/h6-14H,4-5,15H2,1-3H3. The van der Waals surface area contributed by atoms with Gasteiger partial charge in [0, 0.05) is 10.9 Å². The Hall–Kier alpha value is -2.00. The number of fused-ring (bicyclic) bond motifs is 1. The summed E-state index contributed by atoms with van der Waals surface area (Å²) in [5.74, 6) is 0. The summed E-state index contributed by atoms with van der Waals surface area (Å²) in [6.07, 6.45) is 0.155. The molecule has 1 aromatic heterocycles. The third-order valence-electron chi connectivity index (χ3n) is 4.13. The molecule has 4 nitrogen and oxygen atoms in total. The van der Waals surface area contributed by atoms with Gasteiger partial charge in [0.2, 0.25) is 0 Å². The SMILES string of the molecule is CCOP(=O)(Cc1nc2ccc(C)cc2cc1-c1ccccc1)OCC. The topological polar surface area (TPSA) is 48.4 Å². The van der Waals surface area contributed by atoms with E-state index in [0.717, 1.165) is 27.7 Å². The Morgan fingerprint density at radius 1 is 0.962 bits per heavy atom. The van der Waals surface area contributed by atoms with Gasteiger partial charge in [-0.25, -0.2) is 0 Å². The van der Waals surface area contributed by atoms with E-state index >= 15 is 0 Å². The molecule has 0 fully saturated rings. The summed E-state index contributed by atoms with van der Waals surface area (Å²) in [5.41, 5.74) is 4.80. The van der Waals surface area contributed by atoms with Crippen LogP contribution < -0.4 is 0 Å². The lowest BCUT2D eigenvalue weighted by molar-refractivity contribution is 0.219. The van der Waals surface area contributed by atoms with Crippen molar-refractivity contribution in [3.63, 3.8) is 0 Å². The van der Waals surface area contributed by atoms with E-state index in [2.05, 4.69) is 19.1 Å². The van der Waals surface area contributed by atoms with Gasteiger partial charge in [0.05, 0.1) is 30.6 Å². The maximum absolute atomic E-state index is 13.1. The predicted molar refractivity (Wildman–Crippen MR) is 106 cm³/mol. The molecule has 5 heteroatoms. The normalized spacial score (nSPS) is 11.8. The van der Waals surface area contributed by atoms with Gasteiger partial charge in [-0.15, -0.1) is 0 Å². The van der Waals surface area contributed by atoms with Crippen LogP contribution in [0.15, 0.2) is 54.6 Å². The first-order chi connectivity index (χ1) is 12.5. The summed E-state index contributed by atoms with van der Waals surface area (Å²) in [4.78, 5) is 4.81. The zero-order chi connectivity index (χ0) is 18.6. The second-order valence-corrected chi connectivity index (χ2v) is 8.20. The van der Waals surface area contributed by atoms with Crippen molar-refractivity contribution in [1.82, 2.24) is 4.98 Å². The smallest absolute Gasteiger partial charge is 0.309 e. The largest absolute Gasteiger partial charge is 0.336 e. The van der Waals surface area contributed by atoms with E-state index in [1.54, 1.807) is 0 Å². The van der Waals surface area contributed by atoms with Crippen LogP contribution in [-0.2, 0) is 19.8 Å². The fourth-order valence-corrected chi connectivity index (χ4v) is 4.68. The Kier molecular flexibility index (Phi) is 5.87. The van der Waals surface area contributed by atoms with E-state index in [9.17, 15) is 4.57 Å². The fourth-order valence-electron chi connectivity index (χ4n) is 3.03. The van der Waals surface area contributed by atoms with Crippen LogP contribution in [0.4, 0.5) is 0 Å². The number of hydrogen-bond donors (Lipinski definition) is 0. The number of nitrogens with zero attached hydrogens (tertiary/aromatic N) is 1. The molecular weight excluding hydrogens is 345 g/mol. The molecule has 0 N–H and O–H groups in total. The zero-order valence-electron chi connectivity index (χ0n) is 15.4. The van der Waals surface area contributed by atoms with Crippen molar-refractivity contribution in [2.75, 3.05) is 13.2 Å². The van der Waals surface area contributed by atoms with E-state index in [1.165, 1.54) is 5.56 Å². The van der Waals surface area contributed by atoms with Crippen molar-refractivity contribution in [3.05, 3.63) is 65.9 Å². The van der Waals surface area contributed by atoms with E-state index in [-0.39, 0.29) is 6.16 Å². The first-order valence-electron chi connectivity index (χ1n) is 8.88. The van der Waals surface area contributed by atoms with Gasteiger partial charge in [-0.05, 0) is 44.5 Å². The average molecular weight is 369 g/mol. The highest BCUT2D eigenvalue weighted by molar-refractivity contribution is 7.53. The summed E-state index contributed by atoms with van der Waals surface area (Å²) in [5, 5.41) is 1.07. The van der Waals surface area contributed by atoms with Crippen LogP contribution in [-0.4, -0.2) is 18.2 Å². The fraction of sp³-hybridized carbons (Fsp3) is 0.286. The molecule has 0 aliphatic rings. The van der Waals surface area contributed by atoms with Crippen molar-refractivity contribution >= 4 is 18.5 Å². The molecule has 0 bridgehead atoms. The number of aryl methyl sites for hydroxylation is 1. The molecule has 2 aromatic carbocycles. The predicted octanol–water partition coefficient (Wildman–Crippen LogP) is 5.98. The lowest BCUT2D eigenvalue weighted by atomic mass is 10.0. The van der Waals surface area contributed by atoms with Gasteiger partial charge in [-0.1, -0.05) is 42.0 Å². The van der Waals surface area contributed by atoms with Crippen molar-refractivity contribution in [3.8, 4) is 11.1 Å². The van der Waals surface area contributed by atoms with Gasteiger partial charge < -0.3 is 9.05 Å². The molecule has 3 aromatic rings. The molecule has 0 aliphatic heterocycles. The Morgan fingerprint density at radius 3 is 2.31 bits per heavy atom. The number of pyridine rings is 1. The van der Waals surface area contributed by atoms with Crippen molar-refractivity contribution in [2.24, 2.45) is 0 Å². The monoisotopic (exact) mass is 369 g/mol. The van der Waals surface area contributed by atoms with Crippen molar-refractivity contribution < 1.29 is 13.6 Å². The van der Waals surface area contributed by atoms with E-state index in [0.29, 0.717) is 13.2 Å². The Labute approximate surface area is 154 Å². The van der Waals surface area contributed by atoms with Gasteiger partial charge in [0.15, 0.2) is 0 Å². The quantitative estimate of drug-likeness (QED) is 0.481. The highest BCUT2D eigenvalue weighted by Crippen LogP contribution is 2.52. The Balaban J connectivity index is 2.15. The molecule has 0 unspecified atom stereocenters. The summed E-state index contributed by atoms with van der Waals surface area (Å²) < 4.78 is 24.1. The van der Waals surface area contributed by atoms with Crippen LogP contribution in [0.1, 0.15) is 25.1 Å². The minimum atomic E-state index is -3.24. The first kappa shape index (κ1) is 18.8. The molecule has 136 valence electrons. The maximum atomic E-state index is 13.1. The van der Waals surface area contributed by atoms with E-state index in [1.807, 2.05) is 56.3 Å². The van der Waals surface area contributed by atoms with E-state index in [4.69, 9.17) is 14.0 Å². The van der Waals surface area contributed by atoms with Crippen LogP contribution in [0.5, 0.6) is 0 Å². The van der Waals surface area contributed by atoms with E-state index < -0.39 is 7.60 Å². The molecule has 0 saturated heterocycles. The number of rotatable bonds is 7. The molecule has 0 amide bonds. The lowest BCUT2D eigenvalue weighted by Crippen LogP contribution is -2.03. The highest BCUT2D eigenvalue weighted by Gasteiger charge is 2.27.